The fourth-order valence-electron chi connectivity index (χ4n) is 3.81. The molecular weight excluding hydrogens is 393 g/mol. The smallest absolute Gasteiger partial charge is 0.251 e. The van der Waals surface area contributed by atoms with Gasteiger partial charge >= 0.3 is 0 Å². The molecule has 0 spiro atoms. The average Bonchev–Trinajstić information content (AvgIpc) is 2.80. The molecule has 6 nitrogen and oxygen atoms in total. The summed E-state index contributed by atoms with van der Waals surface area (Å²) in [4.78, 5) is 25.9. The van der Waals surface area contributed by atoms with Crippen LogP contribution in [0.5, 0.6) is 0 Å². The molecule has 31 heavy (non-hydrogen) atoms. The monoisotopic (exact) mass is 419 g/mol. The van der Waals surface area contributed by atoms with E-state index in [0.717, 1.165) is 49.8 Å². The second-order valence-electron chi connectivity index (χ2n) is 7.80. The molecule has 0 radical (unpaired) electrons. The van der Waals surface area contributed by atoms with Crippen molar-refractivity contribution in [2.75, 3.05) is 37.6 Å². The molecule has 1 aliphatic heterocycles. The third-order valence-electron chi connectivity index (χ3n) is 5.42. The molecule has 1 saturated heterocycles. The second kappa shape index (κ2) is 9.66. The number of amides is 1. The zero-order valence-electron chi connectivity index (χ0n) is 17.5. The number of nitrogens with zero attached hydrogens (tertiary/aromatic N) is 4. The molecule has 0 saturated carbocycles. The normalized spacial score (nSPS) is 15.5. The van der Waals surface area contributed by atoms with Crippen molar-refractivity contribution in [3.05, 3.63) is 78.4 Å². The number of aromatic nitrogens is 2. The molecule has 0 bridgehead atoms. The predicted molar refractivity (Wildman–Crippen MR) is 119 cm³/mol. The van der Waals surface area contributed by atoms with E-state index in [4.69, 9.17) is 0 Å². The Morgan fingerprint density at radius 2 is 1.71 bits per heavy atom. The van der Waals surface area contributed by atoms with E-state index < -0.39 is 0 Å². The van der Waals surface area contributed by atoms with Gasteiger partial charge in [-0.1, -0.05) is 24.3 Å². The zero-order valence-corrected chi connectivity index (χ0v) is 17.5. The average molecular weight is 420 g/mol. The topological polar surface area (TPSA) is 61.4 Å². The first kappa shape index (κ1) is 20.9. The Balaban J connectivity index is 1.30. The number of hydrogen-bond acceptors (Lipinski definition) is 5. The van der Waals surface area contributed by atoms with Crippen LogP contribution in [0.4, 0.5) is 10.3 Å². The van der Waals surface area contributed by atoms with E-state index in [1.54, 1.807) is 30.6 Å². The maximum Gasteiger partial charge on any atom is 0.251 e. The van der Waals surface area contributed by atoms with Crippen LogP contribution >= 0.6 is 0 Å². The van der Waals surface area contributed by atoms with Crippen molar-refractivity contribution in [2.24, 2.45) is 0 Å². The van der Waals surface area contributed by atoms with Gasteiger partial charge in [0.05, 0.1) is 0 Å². The molecule has 1 unspecified atom stereocenters. The van der Waals surface area contributed by atoms with E-state index in [0.29, 0.717) is 5.56 Å². The molecule has 4 rings (SSSR count). The van der Waals surface area contributed by atoms with Gasteiger partial charge in [0.1, 0.15) is 5.82 Å². The summed E-state index contributed by atoms with van der Waals surface area (Å²) in [6.07, 6.45) is 3.52. The Morgan fingerprint density at radius 1 is 1.00 bits per heavy atom. The third kappa shape index (κ3) is 5.44. The van der Waals surface area contributed by atoms with Crippen molar-refractivity contribution in [2.45, 2.75) is 13.0 Å². The molecule has 1 aliphatic rings. The first-order valence-corrected chi connectivity index (χ1v) is 10.5. The molecule has 1 fully saturated rings. The molecule has 160 valence electrons. The SMILES string of the molecule is CC(CN1CCN(c2ncccn2)CC1)NC(=O)c1cccc(-c2ccc(F)cc2)c1. The lowest BCUT2D eigenvalue weighted by Crippen LogP contribution is -2.51. The van der Waals surface area contributed by atoms with E-state index in [1.165, 1.54) is 12.1 Å². The molecule has 1 atom stereocenters. The van der Waals surface area contributed by atoms with E-state index in [-0.39, 0.29) is 17.8 Å². The highest BCUT2D eigenvalue weighted by Crippen LogP contribution is 2.21. The van der Waals surface area contributed by atoms with Crippen LogP contribution in [0, 0.1) is 5.82 Å². The molecule has 0 aliphatic carbocycles. The van der Waals surface area contributed by atoms with E-state index in [1.807, 2.05) is 31.2 Å². The molecule has 1 amide bonds. The van der Waals surface area contributed by atoms with Crippen LogP contribution in [0.1, 0.15) is 17.3 Å². The molecule has 7 heteroatoms. The fraction of sp³-hybridized carbons (Fsp3) is 0.292. The van der Waals surface area contributed by atoms with Gasteiger partial charge in [-0.3, -0.25) is 9.69 Å². The van der Waals surface area contributed by atoms with Crippen molar-refractivity contribution in [3.8, 4) is 11.1 Å². The minimum Gasteiger partial charge on any atom is -0.348 e. The van der Waals surface area contributed by atoms with Gasteiger partial charge in [-0.25, -0.2) is 14.4 Å². The summed E-state index contributed by atoms with van der Waals surface area (Å²) in [5, 5.41) is 3.10. The minimum absolute atomic E-state index is 0.0153. The van der Waals surface area contributed by atoms with Crippen LogP contribution in [0.2, 0.25) is 0 Å². The van der Waals surface area contributed by atoms with Crippen LogP contribution in [-0.2, 0) is 0 Å². The number of carbonyl (C=O) groups is 1. The van der Waals surface area contributed by atoms with E-state index >= 15 is 0 Å². The quantitative estimate of drug-likeness (QED) is 0.665. The van der Waals surface area contributed by atoms with Crippen LogP contribution < -0.4 is 10.2 Å². The Labute approximate surface area is 181 Å². The van der Waals surface area contributed by atoms with Crippen molar-refractivity contribution >= 4 is 11.9 Å². The Bertz CT molecular complexity index is 1000. The summed E-state index contributed by atoms with van der Waals surface area (Å²) < 4.78 is 13.2. The Kier molecular flexibility index (Phi) is 6.52. The molecule has 2 heterocycles. The van der Waals surface area contributed by atoms with E-state index in [2.05, 4.69) is 25.1 Å². The number of piperazine rings is 1. The number of carbonyl (C=O) groups excluding carboxylic acids is 1. The molecular formula is C24H26FN5O. The van der Waals surface area contributed by atoms with Gasteiger partial charge in [0, 0.05) is 56.7 Å². The third-order valence-corrected chi connectivity index (χ3v) is 5.42. The van der Waals surface area contributed by atoms with Gasteiger partial charge in [0.25, 0.3) is 5.91 Å². The van der Waals surface area contributed by atoms with Crippen LogP contribution in [0.3, 0.4) is 0 Å². The van der Waals surface area contributed by atoms with Gasteiger partial charge in [-0.15, -0.1) is 0 Å². The van der Waals surface area contributed by atoms with Gasteiger partial charge < -0.3 is 10.2 Å². The second-order valence-corrected chi connectivity index (χ2v) is 7.80. The number of anilines is 1. The standard InChI is InChI=1S/C24H26FN5O/c1-18(17-29-12-14-30(15-13-29)24-26-10-3-11-27-24)28-23(31)21-5-2-4-20(16-21)19-6-8-22(25)9-7-19/h2-11,16,18H,12-15,17H2,1H3,(H,28,31). The summed E-state index contributed by atoms with van der Waals surface area (Å²) in [6, 6.07) is 15.5. The Hall–Kier alpha value is -3.32. The molecule has 3 aromatic rings. The summed E-state index contributed by atoms with van der Waals surface area (Å²) >= 11 is 0. The summed E-state index contributed by atoms with van der Waals surface area (Å²) in [5.74, 6) is 0.390. The lowest BCUT2D eigenvalue weighted by Gasteiger charge is -2.35. The van der Waals surface area contributed by atoms with Gasteiger partial charge in [-0.05, 0) is 48.4 Å². The first-order chi connectivity index (χ1) is 15.1. The highest BCUT2D eigenvalue weighted by Gasteiger charge is 2.21. The van der Waals surface area contributed by atoms with E-state index in [9.17, 15) is 9.18 Å². The Morgan fingerprint density at radius 3 is 2.42 bits per heavy atom. The van der Waals surface area contributed by atoms with Crippen molar-refractivity contribution in [3.63, 3.8) is 0 Å². The van der Waals surface area contributed by atoms with Gasteiger partial charge in [0.2, 0.25) is 5.95 Å². The van der Waals surface area contributed by atoms with Gasteiger partial charge in [0.15, 0.2) is 0 Å². The van der Waals surface area contributed by atoms with Crippen molar-refractivity contribution in [1.82, 2.24) is 20.2 Å². The summed E-state index contributed by atoms with van der Waals surface area (Å²) in [7, 11) is 0. The zero-order chi connectivity index (χ0) is 21.6. The van der Waals surface area contributed by atoms with Crippen LogP contribution in [-0.4, -0.2) is 59.5 Å². The molecule has 1 aromatic heterocycles. The lowest BCUT2D eigenvalue weighted by molar-refractivity contribution is 0.0928. The highest BCUT2D eigenvalue weighted by atomic mass is 19.1. The predicted octanol–water partition coefficient (Wildman–Crippen LogP) is 3.22. The van der Waals surface area contributed by atoms with Crippen LogP contribution in [0.15, 0.2) is 67.0 Å². The minimum atomic E-state index is -0.274. The summed E-state index contributed by atoms with van der Waals surface area (Å²) in [6.45, 7) is 6.34. The summed E-state index contributed by atoms with van der Waals surface area (Å²) in [5.41, 5.74) is 2.36. The number of nitrogens with one attached hydrogen (secondary N) is 1. The van der Waals surface area contributed by atoms with Gasteiger partial charge in [-0.2, -0.15) is 0 Å². The number of halogens is 1. The number of rotatable bonds is 6. The van der Waals surface area contributed by atoms with Crippen LogP contribution in [0.25, 0.3) is 11.1 Å². The van der Waals surface area contributed by atoms with Crippen molar-refractivity contribution < 1.29 is 9.18 Å². The number of hydrogen-bond donors (Lipinski definition) is 1. The molecule has 1 N–H and O–H groups in total. The molecule has 2 aromatic carbocycles. The maximum absolute atomic E-state index is 13.2. The van der Waals surface area contributed by atoms with Crippen molar-refractivity contribution in [1.29, 1.82) is 0 Å². The first-order valence-electron chi connectivity index (χ1n) is 10.5. The maximum atomic E-state index is 13.2. The largest absolute Gasteiger partial charge is 0.348 e. The highest BCUT2D eigenvalue weighted by molar-refractivity contribution is 5.95. The fourth-order valence-corrected chi connectivity index (χ4v) is 3.81. The number of benzene rings is 2. The lowest BCUT2D eigenvalue weighted by atomic mass is 10.0.